The summed E-state index contributed by atoms with van der Waals surface area (Å²) in [5.74, 6) is -0.839. The zero-order chi connectivity index (χ0) is 19.0. The summed E-state index contributed by atoms with van der Waals surface area (Å²) in [6.07, 6.45) is 19.0. The van der Waals surface area contributed by atoms with Crippen LogP contribution in [0.5, 0.6) is 0 Å². The molecule has 0 aliphatic heterocycles. The minimum Gasteiger partial charge on any atom is -0.481 e. The summed E-state index contributed by atoms with van der Waals surface area (Å²) in [4.78, 5) is 10.4. The number of unbranched alkanes of at least 4 members (excludes halogenated alkanes) is 5. The highest BCUT2D eigenvalue weighted by atomic mass is 16.4. The normalized spacial score (nSPS) is 16.0. The van der Waals surface area contributed by atoms with Crippen molar-refractivity contribution in [2.75, 3.05) is 0 Å². The first-order valence-corrected chi connectivity index (χ1v) is 9.52. The smallest absolute Gasteiger partial charge is 0.303 e. The van der Waals surface area contributed by atoms with E-state index >= 15 is 0 Å². The Kier molecular flexibility index (Phi) is 14.1. The second-order valence-corrected chi connectivity index (χ2v) is 6.86. The molecule has 0 aromatic rings. The molecule has 144 valence electrons. The third-order valence-electron chi connectivity index (χ3n) is 4.05. The number of rotatable bonds is 15. The monoisotopic (exact) mass is 352 g/mol. The quantitative estimate of drug-likeness (QED) is 0.293. The molecule has 0 aliphatic carbocycles. The number of carbonyl (C=O) groups is 1. The van der Waals surface area contributed by atoms with Crippen molar-refractivity contribution in [2.45, 2.75) is 89.8 Å². The molecule has 0 aromatic heterocycles. The largest absolute Gasteiger partial charge is 0.481 e. The van der Waals surface area contributed by atoms with Crippen molar-refractivity contribution in [3.8, 4) is 0 Å². The van der Waals surface area contributed by atoms with Crippen LogP contribution in [0.2, 0.25) is 0 Å². The predicted molar refractivity (Wildman–Crippen MR) is 104 cm³/mol. The van der Waals surface area contributed by atoms with Crippen molar-refractivity contribution in [1.29, 1.82) is 0 Å². The predicted octanol–water partition coefficient (Wildman–Crippen LogP) is 4.77. The van der Waals surface area contributed by atoms with Gasteiger partial charge in [-0.15, -0.1) is 0 Å². The number of aliphatic hydroxyl groups is 2. The third-order valence-corrected chi connectivity index (χ3v) is 4.05. The Morgan fingerprint density at radius 1 is 1.00 bits per heavy atom. The summed E-state index contributed by atoms with van der Waals surface area (Å²) in [7, 11) is 0. The molecule has 0 saturated heterocycles. The average molecular weight is 353 g/mol. The van der Waals surface area contributed by atoms with E-state index in [0.717, 1.165) is 12.8 Å². The maximum atomic E-state index is 10.4. The van der Waals surface area contributed by atoms with Crippen LogP contribution in [0.3, 0.4) is 0 Å². The molecule has 0 fully saturated rings. The van der Waals surface area contributed by atoms with Crippen molar-refractivity contribution < 1.29 is 20.1 Å². The van der Waals surface area contributed by atoms with Gasteiger partial charge in [0.2, 0.25) is 0 Å². The third kappa shape index (κ3) is 17.2. The Morgan fingerprint density at radius 2 is 1.64 bits per heavy atom. The number of hydrogen-bond donors (Lipinski definition) is 3. The van der Waals surface area contributed by atoms with Gasteiger partial charge in [0.15, 0.2) is 0 Å². The van der Waals surface area contributed by atoms with Crippen LogP contribution >= 0.6 is 0 Å². The van der Waals surface area contributed by atoms with Gasteiger partial charge in [-0.05, 0) is 26.2 Å². The van der Waals surface area contributed by atoms with Crippen LogP contribution in [0.25, 0.3) is 0 Å². The van der Waals surface area contributed by atoms with E-state index in [2.05, 4.69) is 6.92 Å². The highest BCUT2D eigenvalue weighted by Crippen LogP contribution is 2.17. The highest BCUT2D eigenvalue weighted by Gasteiger charge is 2.14. The molecule has 25 heavy (non-hydrogen) atoms. The van der Waals surface area contributed by atoms with Crippen molar-refractivity contribution in [1.82, 2.24) is 0 Å². The molecule has 0 amide bonds. The van der Waals surface area contributed by atoms with Crippen LogP contribution in [0.1, 0.15) is 78.1 Å². The zero-order valence-corrected chi connectivity index (χ0v) is 15.9. The van der Waals surface area contributed by atoms with Crippen LogP contribution in [-0.2, 0) is 4.79 Å². The van der Waals surface area contributed by atoms with E-state index in [0.29, 0.717) is 12.8 Å². The minimum absolute atomic E-state index is 0.0805. The SMILES string of the molecule is CCCCCCCC[C@@](C)(O)/C=C/C=C\C=C\[C@H](O)CCCC(=O)O. The average Bonchev–Trinajstić information content (AvgIpc) is 2.53. The topological polar surface area (TPSA) is 77.8 Å². The Hall–Kier alpha value is -1.39. The van der Waals surface area contributed by atoms with Gasteiger partial charge in [0.05, 0.1) is 11.7 Å². The highest BCUT2D eigenvalue weighted by molar-refractivity contribution is 5.66. The van der Waals surface area contributed by atoms with Crippen LogP contribution in [0.15, 0.2) is 36.5 Å². The van der Waals surface area contributed by atoms with Crippen LogP contribution in [0, 0.1) is 0 Å². The molecule has 3 N–H and O–H groups in total. The Morgan fingerprint density at radius 3 is 2.32 bits per heavy atom. The van der Waals surface area contributed by atoms with Gasteiger partial charge in [-0.25, -0.2) is 0 Å². The first kappa shape index (κ1) is 23.6. The molecule has 0 unspecified atom stereocenters. The molecule has 0 bridgehead atoms. The van der Waals surface area contributed by atoms with Gasteiger partial charge in [-0.2, -0.15) is 0 Å². The summed E-state index contributed by atoms with van der Waals surface area (Å²) in [6.45, 7) is 4.03. The van der Waals surface area contributed by atoms with E-state index in [1.54, 1.807) is 24.3 Å². The fraction of sp³-hybridized carbons (Fsp3) is 0.667. The Bertz CT molecular complexity index is 422. The lowest BCUT2D eigenvalue weighted by Crippen LogP contribution is -2.20. The minimum atomic E-state index is -0.839. The molecule has 0 heterocycles. The number of aliphatic carboxylic acids is 1. The van der Waals surface area contributed by atoms with Crippen molar-refractivity contribution in [3.63, 3.8) is 0 Å². The van der Waals surface area contributed by atoms with Crippen LogP contribution in [-0.4, -0.2) is 33.0 Å². The van der Waals surface area contributed by atoms with Crippen LogP contribution < -0.4 is 0 Å². The number of allylic oxidation sites excluding steroid dienone is 4. The Labute approximate surface area is 153 Å². The van der Waals surface area contributed by atoms with Gasteiger partial charge < -0.3 is 15.3 Å². The van der Waals surface area contributed by atoms with Crippen LogP contribution in [0.4, 0.5) is 0 Å². The summed E-state index contributed by atoms with van der Waals surface area (Å²) >= 11 is 0. The van der Waals surface area contributed by atoms with Crippen molar-refractivity contribution >= 4 is 5.97 Å². The second kappa shape index (κ2) is 14.9. The molecular formula is C21H36O4. The maximum Gasteiger partial charge on any atom is 0.303 e. The maximum absolute atomic E-state index is 10.4. The van der Waals surface area contributed by atoms with E-state index in [1.807, 2.05) is 19.1 Å². The van der Waals surface area contributed by atoms with Gasteiger partial charge in [-0.3, -0.25) is 4.79 Å². The molecule has 0 spiro atoms. The molecule has 0 aliphatic rings. The standard InChI is InChI=1S/C21H36O4/c1-3-4-5-6-8-11-17-21(2,25)18-12-9-7-10-14-19(22)15-13-16-20(23)24/h7,9-10,12,14,18-19,22,25H,3-6,8,11,13,15-17H2,1-2H3,(H,23,24)/b9-7-,14-10+,18-12+/t19-,21+/m0/s1. The number of aliphatic hydroxyl groups excluding tert-OH is 1. The summed E-state index contributed by atoms with van der Waals surface area (Å²) in [6, 6.07) is 0. The zero-order valence-electron chi connectivity index (χ0n) is 15.9. The lowest BCUT2D eigenvalue weighted by molar-refractivity contribution is -0.137. The van der Waals surface area contributed by atoms with Crippen molar-refractivity contribution in [3.05, 3.63) is 36.5 Å². The van der Waals surface area contributed by atoms with Gasteiger partial charge in [0, 0.05) is 6.42 Å². The molecule has 2 atom stereocenters. The molecule has 4 heteroatoms. The van der Waals surface area contributed by atoms with Gasteiger partial charge in [-0.1, -0.05) is 81.9 Å². The number of carboxylic acids is 1. The van der Waals surface area contributed by atoms with Gasteiger partial charge >= 0.3 is 5.97 Å². The van der Waals surface area contributed by atoms with Gasteiger partial charge in [0.25, 0.3) is 0 Å². The lowest BCUT2D eigenvalue weighted by atomic mass is 9.97. The molecule has 0 rings (SSSR count). The summed E-state index contributed by atoms with van der Waals surface area (Å²) in [5.41, 5.74) is -0.783. The molecular weight excluding hydrogens is 316 g/mol. The molecule has 0 aromatic carbocycles. The van der Waals surface area contributed by atoms with E-state index in [9.17, 15) is 15.0 Å². The second-order valence-electron chi connectivity index (χ2n) is 6.86. The number of carboxylic acid groups (broad SMARTS) is 1. The lowest BCUT2D eigenvalue weighted by Gasteiger charge is -2.18. The van der Waals surface area contributed by atoms with Gasteiger partial charge in [0.1, 0.15) is 0 Å². The molecule has 0 radical (unpaired) electrons. The fourth-order valence-electron chi connectivity index (χ4n) is 2.49. The first-order valence-electron chi connectivity index (χ1n) is 9.52. The van der Waals surface area contributed by atoms with E-state index in [1.165, 1.54) is 32.1 Å². The van der Waals surface area contributed by atoms with E-state index < -0.39 is 17.7 Å². The first-order chi connectivity index (χ1) is 11.9. The fourth-order valence-corrected chi connectivity index (χ4v) is 2.49. The van der Waals surface area contributed by atoms with E-state index in [-0.39, 0.29) is 6.42 Å². The van der Waals surface area contributed by atoms with Crippen molar-refractivity contribution in [2.24, 2.45) is 0 Å². The number of hydrogen-bond acceptors (Lipinski definition) is 3. The Balaban J connectivity index is 3.92. The summed E-state index contributed by atoms with van der Waals surface area (Å²) < 4.78 is 0. The molecule has 0 saturated carbocycles. The van der Waals surface area contributed by atoms with E-state index in [4.69, 9.17) is 5.11 Å². The summed E-state index contributed by atoms with van der Waals surface area (Å²) in [5, 5.41) is 28.5. The molecule has 4 nitrogen and oxygen atoms in total.